The van der Waals surface area contributed by atoms with Gasteiger partial charge >= 0.3 is 0 Å². The number of allylic oxidation sites excluding steroid dienone is 1. The number of rotatable bonds is 4. The molecule has 1 heterocycles. The molecule has 1 aromatic rings. The number of amidine groups is 1. The first-order valence-corrected chi connectivity index (χ1v) is 8.08. The van der Waals surface area contributed by atoms with E-state index in [2.05, 4.69) is 9.98 Å². The SMILES string of the molecule is CN=CC(=CN)c1ccc(N=C(N)C2=C(N)CCN(C(C)=O)C2)c(F)c1. The van der Waals surface area contributed by atoms with Crippen molar-refractivity contribution in [2.75, 3.05) is 20.1 Å². The normalized spacial score (nSPS) is 16.5. The molecule has 0 unspecified atom stereocenters. The minimum Gasteiger partial charge on any atom is -0.404 e. The number of benzene rings is 1. The minimum atomic E-state index is -0.548. The van der Waals surface area contributed by atoms with Gasteiger partial charge in [-0.25, -0.2) is 9.38 Å². The van der Waals surface area contributed by atoms with Gasteiger partial charge in [0.2, 0.25) is 5.91 Å². The molecule has 0 spiro atoms. The average molecular weight is 358 g/mol. The van der Waals surface area contributed by atoms with Gasteiger partial charge in [-0.05, 0) is 17.7 Å². The maximum atomic E-state index is 14.4. The molecule has 8 heteroatoms. The van der Waals surface area contributed by atoms with Gasteiger partial charge in [-0.3, -0.25) is 9.79 Å². The Hall–Kier alpha value is -3.16. The summed E-state index contributed by atoms with van der Waals surface area (Å²) in [5.41, 5.74) is 19.9. The maximum absolute atomic E-state index is 14.4. The lowest BCUT2D eigenvalue weighted by Gasteiger charge is -2.28. The first kappa shape index (κ1) is 19.2. The van der Waals surface area contributed by atoms with Crippen LogP contribution in [0.1, 0.15) is 18.9 Å². The van der Waals surface area contributed by atoms with E-state index in [1.165, 1.54) is 31.5 Å². The number of amides is 1. The maximum Gasteiger partial charge on any atom is 0.219 e. The van der Waals surface area contributed by atoms with Crippen LogP contribution in [0.2, 0.25) is 0 Å². The van der Waals surface area contributed by atoms with Crippen molar-refractivity contribution in [3.63, 3.8) is 0 Å². The molecule has 138 valence electrons. The Balaban J connectivity index is 2.33. The third kappa shape index (κ3) is 4.27. The van der Waals surface area contributed by atoms with Crippen molar-refractivity contribution >= 4 is 29.2 Å². The topological polar surface area (TPSA) is 123 Å². The van der Waals surface area contributed by atoms with E-state index >= 15 is 0 Å². The van der Waals surface area contributed by atoms with Crippen molar-refractivity contribution in [2.24, 2.45) is 27.2 Å². The zero-order valence-corrected chi connectivity index (χ0v) is 14.9. The molecule has 1 aromatic carbocycles. The van der Waals surface area contributed by atoms with Crippen LogP contribution in [0, 0.1) is 5.82 Å². The Bertz CT molecular complexity index is 825. The summed E-state index contributed by atoms with van der Waals surface area (Å²) in [5.74, 6) is -0.519. The van der Waals surface area contributed by atoms with Crippen LogP contribution in [0.4, 0.5) is 10.1 Å². The van der Waals surface area contributed by atoms with Crippen LogP contribution in [0.25, 0.3) is 5.57 Å². The molecule has 7 nitrogen and oxygen atoms in total. The zero-order valence-electron chi connectivity index (χ0n) is 14.9. The molecule has 0 bridgehead atoms. The van der Waals surface area contributed by atoms with Gasteiger partial charge in [0.05, 0.1) is 6.54 Å². The van der Waals surface area contributed by atoms with Gasteiger partial charge in [-0.15, -0.1) is 0 Å². The lowest BCUT2D eigenvalue weighted by molar-refractivity contribution is -0.128. The van der Waals surface area contributed by atoms with Gasteiger partial charge in [-0.2, -0.15) is 0 Å². The number of carbonyl (C=O) groups is 1. The Morgan fingerprint density at radius 2 is 2.12 bits per heavy atom. The van der Waals surface area contributed by atoms with E-state index in [9.17, 15) is 9.18 Å². The largest absolute Gasteiger partial charge is 0.404 e. The van der Waals surface area contributed by atoms with Crippen LogP contribution in [0.5, 0.6) is 0 Å². The molecule has 1 aliphatic rings. The fourth-order valence-electron chi connectivity index (χ4n) is 2.62. The first-order chi connectivity index (χ1) is 12.4. The molecule has 1 amide bonds. The quantitative estimate of drug-likeness (QED) is 0.554. The summed E-state index contributed by atoms with van der Waals surface area (Å²) in [7, 11) is 1.60. The van der Waals surface area contributed by atoms with Crippen LogP contribution in [-0.2, 0) is 4.79 Å². The summed E-state index contributed by atoms with van der Waals surface area (Å²) in [6.45, 7) is 2.28. The molecule has 0 aromatic heterocycles. The van der Waals surface area contributed by atoms with Crippen LogP contribution in [0.15, 0.2) is 45.7 Å². The number of nitrogens with zero attached hydrogens (tertiary/aromatic N) is 3. The smallest absolute Gasteiger partial charge is 0.219 e. The number of hydrogen-bond acceptors (Lipinski definition) is 5. The molecule has 0 saturated heterocycles. The Kier molecular flexibility index (Phi) is 6.11. The average Bonchev–Trinajstić information content (AvgIpc) is 2.61. The number of halogens is 1. The Labute approximate surface area is 151 Å². The number of carbonyl (C=O) groups excluding carboxylic acids is 1. The second-order valence-electron chi connectivity index (χ2n) is 5.87. The second-order valence-corrected chi connectivity index (χ2v) is 5.87. The van der Waals surface area contributed by atoms with Crippen molar-refractivity contribution < 1.29 is 9.18 Å². The van der Waals surface area contributed by atoms with Gasteiger partial charge in [0, 0.05) is 56.2 Å². The molecule has 6 N–H and O–H groups in total. The van der Waals surface area contributed by atoms with Gasteiger partial charge in [0.15, 0.2) is 0 Å². The third-order valence-corrected chi connectivity index (χ3v) is 4.11. The summed E-state index contributed by atoms with van der Waals surface area (Å²) < 4.78 is 14.4. The Morgan fingerprint density at radius 3 is 2.69 bits per heavy atom. The van der Waals surface area contributed by atoms with E-state index in [0.29, 0.717) is 35.4 Å². The summed E-state index contributed by atoms with van der Waals surface area (Å²) in [6, 6.07) is 4.50. The van der Waals surface area contributed by atoms with Crippen molar-refractivity contribution in [1.82, 2.24) is 4.90 Å². The summed E-state index contributed by atoms with van der Waals surface area (Å²) >= 11 is 0. The Morgan fingerprint density at radius 1 is 1.38 bits per heavy atom. The van der Waals surface area contributed by atoms with E-state index in [0.717, 1.165) is 0 Å². The van der Waals surface area contributed by atoms with Crippen molar-refractivity contribution in [1.29, 1.82) is 0 Å². The third-order valence-electron chi connectivity index (χ3n) is 4.11. The lowest BCUT2D eigenvalue weighted by Crippen LogP contribution is -2.40. The monoisotopic (exact) mass is 358 g/mol. The van der Waals surface area contributed by atoms with Crippen LogP contribution >= 0.6 is 0 Å². The van der Waals surface area contributed by atoms with E-state index < -0.39 is 5.82 Å². The highest BCUT2D eigenvalue weighted by atomic mass is 19.1. The predicted octanol–water partition coefficient (Wildman–Crippen LogP) is 1.28. The fraction of sp³-hybridized carbons (Fsp3) is 0.278. The molecule has 0 radical (unpaired) electrons. The van der Waals surface area contributed by atoms with E-state index in [1.54, 1.807) is 18.0 Å². The molecule has 2 rings (SSSR count). The molecule has 0 saturated carbocycles. The molecular formula is C18H23FN6O. The van der Waals surface area contributed by atoms with Crippen LogP contribution < -0.4 is 17.2 Å². The number of hydrogen-bond donors (Lipinski definition) is 3. The predicted molar refractivity (Wildman–Crippen MR) is 102 cm³/mol. The van der Waals surface area contributed by atoms with Crippen LogP contribution in [0.3, 0.4) is 0 Å². The molecular weight excluding hydrogens is 335 g/mol. The van der Waals surface area contributed by atoms with E-state index in [-0.39, 0.29) is 24.0 Å². The molecule has 0 fully saturated rings. The zero-order chi connectivity index (χ0) is 19.3. The highest BCUT2D eigenvalue weighted by Crippen LogP contribution is 2.24. The second kappa shape index (κ2) is 8.28. The van der Waals surface area contributed by atoms with Gasteiger partial charge < -0.3 is 22.1 Å². The van der Waals surface area contributed by atoms with Crippen molar-refractivity contribution in [3.8, 4) is 0 Å². The van der Waals surface area contributed by atoms with E-state index in [1.807, 2.05) is 0 Å². The van der Waals surface area contributed by atoms with Gasteiger partial charge in [0.1, 0.15) is 17.3 Å². The standard InChI is InChI=1S/C18H23FN6O/c1-11(26)25-6-5-16(21)14(10-25)18(22)24-17-4-3-12(7-15(17)19)13(8-20)9-23-2/h3-4,7-9H,5-6,10,20-21H2,1-2H3,(H2,22,24). The highest BCUT2D eigenvalue weighted by Gasteiger charge is 2.21. The van der Waals surface area contributed by atoms with Gasteiger partial charge in [0.25, 0.3) is 0 Å². The summed E-state index contributed by atoms with van der Waals surface area (Å²) in [6.07, 6.45) is 3.40. The molecule has 0 atom stereocenters. The molecule has 1 aliphatic heterocycles. The summed E-state index contributed by atoms with van der Waals surface area (Å²) in [4.78, 5) is 21.2. The minimum absolute atomic E-state index is 0.0722. The fourth-order valence-corrected chi connectivity index (χ4v) is 2.62. The molecule has 0 aliphatic carbocycles. The molecule has 26 heavy (non-hydrogen) atoms. The number of nitrogens with two attached hydrogens (primary N) is 3. The highest BCUT2D eigenvalue weighted by molar-refractivity contribution is 6.09. The van der Waals surface area contributed by atoms with Crippen molar-refractivity contribution in [2.45, 2.75) is 13.3 Å². The first-order valence-electron chi connectivity index (χ1n) is 8.08. The summed E-state index contributed by atoms with van der Waals surface area (Å²) in [5, 5.41) is 0. The van der Waals surface area contributed by atoms with Crippen LogP contribution in [-0.4, -0.2) is 43.0 Å². The van der Waals surface area contributed by atoms with Gasteiger partial charge in [-0.1, -0.05) is 6.07 Å². The van der Waals surface area contributed by atoms with Crippen molar-refractivity contribution in [3.05, 3.63) is 47.0 Å². The number of aliphatic imine (C=N–C) groups is 2. The van der Waals surface area contributed by atoms with E-state index in [4.69, 9.17) is 17.2 Å². The lowest BCUT2D eigenvalue weighted by atomic mass is 10.0.